The summed E-state index contributed by atoms with van der Waals surface area (Å²) in [4.78, 5) is 8.44. The van der Waals surface area contributed by atoms with E-state index >= 15 is 0 Å². The van der Waals surface area contributed by atoms with Crippen LogP contribution in [0.15, 0.2) is 35.5 Å². The Morgan fingerprint density at radius 2 is 1.93 bits per heavy atom. The number of hydrogen-bond acceptors (Lipinski definition) is 5. The van der Waals surface area contributed by atoms with Crippen LogP contribution in [-0.4, -0.2) is 38.5 Å². The van der Waals surface area contributed by atoms with Gasteiger partial charge in [0.2, 0.25) is 5.95 Å². The molecule has 0 bridgehead atoms. The number of halogens is 3. The van der Waals surface area contributed by atoms with Crippen LogP contribution in [-0.2, 0) is 22.8 Å². The quantitative estimate of drug-likeness (QED) is 0.482. The first-order chi connectivity index (χ1) is 13.5. The monoisotopic (exact) mass is 439 g/mol. The van der Waals surface area contributed by atoms with E-state index in [2.05, 4.69) is 15.1 Å². The first kappa shape index (κ1) is 19.7. The zero-order valence-electron chi connectivity index (χ0n) is 15.7. The lowest BCUT2D eigenvalue weighted by Gasteiger charge is -2.09. The number of benzene rings is 1. The summed E-state index contributed by atoms with van der Waals surface area (Å²) < 4.78 is 55.7. The van der Waals surface area contributed by atoms with Gasteiger partial charge in [-0.3, -0.25) is 4.57 Å². The first-order valence-corrected chi connectivity index (χ1v) is 10.7. The van der Waals surface area contributed by atoms with E-state index in [0.29, 0.717) is 21.6 Å². The van der Waals surface area contributed by atoms with Crippen molar-refractivity contribution < 1.29 is 17.2 Å². The van der Waals surface area contributed by atoms with Gasteiger partial charge in [0.15, 0.2) is 20.5 Å². The minimum atomic E-state index is -3.70. The average molecular weight is 440 g/mol. The number of hydrogen-bond donors (Lipinski definition) is 0. The van der Waals surface area contributed by atoms with Crippen LogP contribution in [0.4, 0.5) is 8.78 Å². The molecule has 1 aromatic carbocycles. The van der Waals surface area contributed by atoms with Gasteiger partial charge in [0.1, 0.15) is 5.52 Å². The molecule has 0 spiro atoms. The summed E-state index contributed by atoms with van der Waals surface area (Å²) in [5.74, 6) is -3.08. The van der Waals surface area contributed by atoms with E-state index in [1.165, 1.54) is 22.2 Å². The largest absolute Gasteiger partial charge is 0.296 e. The molecular weight excluding hydrogens is 424 g/mol. The van der Waals surface area contributed by atoms with Gasteiger partial charge in [-0.2, -0.15) is 9.78 Å². The summed E-state index contributed by atoms with van der Waals surface area (Å²) in [7, 11) is -2.08. The van der Waals surface area contributed by atoms with Crippen LogP contribution in [0.5, 0.6) is 0 Å². The lowest BCUT2D eigenvalue weighted by Crippen LogP contribution is -2.14. The molecular formula is C18H16ClF2N5O2S. The molecule has 4 rings (SSSR count). The summed E-state index contributed by atoms with van der Waals surface area (Å²) >= 11 is 6.03. The van der Waals surface area contributed by atoms with Crippen molar-refractivity contribution in [3.05, 3.63) is 41.0 Å². The van der Waals surface area contributed by atoms with E-state index in [1.807, 2.05) is 0 Å². The Bertz CT molecular complexity index is 1370. The minimum absolute atomic E-state index is 0.0360. The molecule has 0 aliphatic rings. The van der Waals surface area contributed by atoms with Crippen molar-refractivity contribution in [3.8, 4) is 5.95 Å². The zero-order valence-corrected chi connectivity index (χ0v) is 17.3. The Morgan fingerprint density at radius 3 is 2.59 bits per heavy atom. The molecule has 0 atom stereocenters. The molecule has 0 unspecified atom stereocenters. The molecule has 3 aromatic heterocycles. The highest BCUT2D eigenvalue weighted by Crippen LogP contribution is 2.31. The van der Waals surface area contributed by atoms with E-state index in [0.717, 1.165) is 13.1 Å². The standard InChI is InChI=1S/C18H16ClF2N5O2S/c1-4-29(27,28)16-12-6-5-11(19)8-13(12)24-26(16)17-23-14-7-10(18(2,20)21)9-22-15(14)25(17)3/h5-9H,4H2,1-3H3. The number of imidazole rings is 1. The van der Waals surface area contributed by atoms with Crippen LogP contribution < -0.4 is 0 Å². The number of aryl methyl sites for hydroxylation is 1. The molecule has 0 aliphatic carbocycles. The van der Waals surface area contributed by atoms with Gasteiger partial charge < -0.3 is 0 Å². The molecule has 7 nitrogen and oxygen atoms in total. The lowest BCUT2D eigenvalue weighted by molar-refractivity contribution is 0.0172. The fourth-order valence-corrected chi connectivity index (χ4v) is 4.43. The third-order valence-electron chi connectivity index (χ3n) is 4.65. The molecule has 4 aromatic rings. The zero-order chi connectivity index (χ0) is 21.1. The molecule has 152 valence electrons. The van der Waals surface area contributed by atoms with Gasteiger partial charge in [-0.05, 0) is 24.3 Å². The average Bonchev–Trinajstić information content (AvgIpc) is 3.18. The lowest BCUT2D eigenvalue weighted by atomic mass is 10.2. The third-order valence-corrected chi connectivity index (χ3v) is 6.62. The van der Waals surface area contributed by atoms with Gasteiger partial charge in [0.25, 0.3) is 5.92 Å². The maximum Gasteiger partial charge on any atom is 0.272 e. The van der Waals surface area contributed by atoms with Gasteiger partial charge in [0.05, 0.1) is 11.3 Å². The van der Waals surface area contributed by atoms with E-state index < -0.39 is 15.8 Å². The summed E-state index contributed by atoms with van der Waals surface area (Å²) in [6, 6.07) is 5.95. The normalized spacial score (nSPS) is 12.9. The van der Waals surface area contributed by atoms with Crippen molar-refractivity contribution in [1.82, 2.24) is 24.3 Å². The summed E-state index contributed by atoms with van der Waals surface area (Å²) in [5.41, 5.74) is 0.628. The van der Waals surface area contributed by atoms with Crippen LogP contribution >= 0.6 is 11.6 Å². The molecule has 0 aliphatic heterocycles. The topological polar surface area (TPSA) is 82.7 Å². The Labute approximate surface area is 169 Å². The minimum Gasteiger partial charge on any atom is -0.296 e. The SMILES string of the molecule is CCS(=O)(=O)c1c2ccc(Cl)cc2nn1-c1nc2cc(C(C)(F)F)cnc2n1C. The predicted molar refractivity (Wildman–Crippen MR) is 105 cm³/mol. The van der Waals surface area contributed by atoms with Crippen LogP contribution in [0.1, 0.15) is 19.4 Å². The molecule has 0 saturated carbocycles. The number of rotatable bonds is 4. The summed E-state index contributed by atoms with van der Waals surface area (Å²) in [5, 5.41) is 5.15. The number of alkyl halides is 2. The molecule has 3 heterocycles. The molecule has 0 amide bonds. The van der Waals surface area contributed by atoms with E-state index in [-0.39, 0.29) is 27.8 Å². The second-order valence-electron chi connectivity index (χ2n) is 6.71. The van der Waals surface area contributed by atoms with Crippen molar-refractivity contribution in [3.63, 3.8) is 0 Å². The summed E-state index contributed by atoms with van der Waals surface area (Å²) in [6.07, 6.45) is 1.08. The molecule has 0 N–H and O–H groups in total. The van der Waals surface area contributed by atoms with Gasteiger partial charge in [0, 0.05) is 36.1 Å². The third kappa shape index (κ3) is 3.16. The number of nitrogens with zero attached hydrogens (tertiary/aromatic N) is 5. The second kappa shape index (κ2) is 6.46. The Morgan fingerprint density at radius 1 is 1.21 bits per heavy atom. The van der Waals surface area contributed by atoms with E-state index in [1.54, 1.807) is 25.2 Å². The Hall–Kier alpha value is -2.59. The fourth-order valence-electron chi connectivity index (χ4n) is 3.10. The number of sulfone groups is 1. The van der Waals surface area contributed by atoms with E-state index in [4.69, 9.17) is 11.6 Å². The number of pyridine rings is 1. The van der Waals surface area contributed by atoms with Crippen molar-refractivity contribution in [2.45, 2.75) is 24.8 Å². The first-order valence-electron chi connectivity index (χ1n) is 8.65. The van der Waals surface area contributed by atoms with E-state index in [9.17, 15) is 17.2 Å². The summed E-state index contributed by atoms with van der Waals surface area (Å²) in [6.45, 7) is 2.30. The van der Waals surface area contributed by atoms with Crippen LogP contribution in [0, 0.1) is 0 Å². The Balaban J connectivity index is 2.05. The highest BCUT2D eigenvalue weighted by molar-refractivity contribution is 7.91. The van der Waals surface area contributed by atoms with Crippen molar-refractivity contribution in [2.75, 3.05) is 5.75 Å². The van der Waals surface area contributed by atoms with Crippen LogP contribution in [0.25, 0.3) is 28.0 Å². The molecule has 0 fully saturated rings. The highest BCUT2D eigenvalue weighted by Gasteiger charge is 2.29. The molecule has 0 saturated heterocycles. The maximum absolute atomic E-state index is 13.7. The predicted octanol–water partition coefficient (Wildman–Crippen LogP) is 3.87. The van der Waals surface area contributed by atoms with Crippen molar-refractivity contribution >= 4 is 43.5 Å². The molecule has 11 heteroatoms. The molecule has 0 radical (unpaired) electrons. The number of aromatic nitrogens is 5. The molecule has 29 heavy (non-hydrogen) atoms. The van der Waals surface area contributed by atoms with Crippen LogP contribution in [0.3, 0.4) is 0 Å². The van der Waals surface area contributed by atoms with Gasteiger partial charge in [-0.25, -0.2) is 27.2 Å². The maximum atomic E-state index is 13.7. The number of fused-ring (bicyclic) bond motifs is 2. The highest BCUT2D eigenvalue weighted by atomic mass is 35.5. The van der Waals surface area contributed by atoms with Crippen LogP contribution in [0.2, 0.25) is 5.02 Å². The van der Waals surface area contributed by atoms with Gasteiger partial charge in [-0.1, -0.05) is 18.5 Å². The fraction of sp³-hybridized carbons (Fsp3) is 0.278. The Kier molecular flexibility index (Phi) is 4.39. The van der Waals surface area contributed by atoms with Crippen molar-refractivity contribution in [2.24, 2.45) is 7.05 Å². The van der Waals surface area contributed by atoms with Crippen molar-refractivity contribution in [1.29, 1.82) is 0 Å². The smallest absolute Gasteiger partial charge is 0.272 e. The van der Waals surface area contributed by atoms with Gasteiger partial charge >= 0.3 is 0 Å². The second-order valence-corrected chi connectivity index (χ2v) is 9.34. The van der Waals surface area contributed by atoms with Gasteiger partial charge in [-0.15, -0.1) is 0 Å².